The van der Waals surface area contributed by atoms with Gasteiger partial charge in [-0.25, -0.2) is 22.2 Å². The molecule has 0 radical (unpaired) electrons. The number of Topliss-reactive ketones (excluding diaryl/α,β-unsaturated/α-hetero) is 1. The van der Waals surface area contributed by atoms with Crippen LogP contribution in [0.3, 0.4) is 0 Å². The number of nitrogens with one attached hydrogen (secondary N) is 1. The number of hydrogen-bond acceptors (Lipinski definition) is 8. The first kappa shape index (κ1) is 25.4. The van der Waals surface area contributed by atoms with Gasteiger partial charge in [-0.05, 0) is 51.2 Å². The Morgan fingerprint density at radius 1 is 1.29 bits per heavy atom. The fourth-order valence-corrected chi connectivity index (χ4v) is 6.73. The van der Waals surface area contributed by atoms with Crippen LogP contribution in [0.5, 0.6) is 0 Å². The van der Waals surface area contributed by atoms with Crippen LogP contribution < -0.4 is 11.2 Å². The number of H-pyrrole nitrogens is 1. The quantitative estimate of drug-likeness (QED) is 0.481. The van der Waals surface area contributed by atoms with E-state index in [1.54, 1.807) is 0 Å². The van der Waals surface area contributed by atoms with Gasteiger partial charge in [0.2, 0.25) is 0 Å². The van der Waals surface area contributed by atoms with Gasteiger partial charge < -0.3 is 9.72 Å². The van der Waals surface area contributed by atoms with E-state index in [0.717, 1.165) is 22.1 Å². The third-order valence-electron chi connectivity index (χ3n) is 6.27. The van der Waals surface area contributed by atoms with Gasteiger partial charge >= 0.3 is 5.69 Å². The summed E-state index contributed by atoms with van der Waals surface area (Å²) in [6.45, 7) is 4.09. The summed E-state index contributed by atoms with van der Waals surface area (Å²) >= 11 is 0.921. The number of halogens is 1. The maximum Gasteiger partial charge on any atom is 0.329 e. The van der Waals surface area contributed by atoms with E-state index < -0.39 is 44.0 Å². The Labute approximate surface area is 204 Å². The van der Waals surface area contributed by atoms with E-state index >= 15 is 0 Å². The normalized spacial score (nSPS) is 16.1. The highest BCUT2D eigenvalue weighted by Crippen LogP contribution is 2.30. The predicted octanol–water partition coefficient (Wildman–Crippen LogP) is 2.64. The number of rotatable bonds is 8. The highest BCUT2D eigenvalue weighted by molar-refractivity contribution is 7.92. The van der Waals surface area contributed by atoms with Crippen molar-refractivity contribution in [2.24, 2.45) is 5.92 Å². The zero-order chi connectivity index (χ0) is 25.3. The van der Waals surface area contributed by atoms with Crippen molar-refractivity contribution in [3.05, 3.63) is 56.1 Å². The molecule has 0 bridgehead atoms. The molecule has 0 aromatic carbocycles. The largest absolute Gasteiger partial charge is 0.381 e. The molecule has 12 heteroatoms. The van der Waals surface area contributed by atoms with Gasteiger partial charge in [-0.2, -0.15) is 0 Å². The van der Waals surface area contributed by atoms with Crippen molar-refractivity contribution in [1.82, 2.24) is 14.5 Å². The molecule has 1 atom stereocenters. The lowest BCUT2D eigenvalue weighted by Gasteiger charge is -2.26. The average molecular weight is 524 g/mol. The third kappa shape index (κ3) is 5.14. The minimum atomic E-state index is -3.74. The number of aromatic nitrogens is 3. The van der Waals surface area contributed by atoms with Crippen LogP contribution in [-0.2, 0) is 25.8 Å². The molecule has 1 unspecified atom stereocenters. The lowest BCUT2D eigenvalue weighted by Crippen LogP contribution is -2.42. The second-order valence-corrected chi connectivity index (χ2v) is 12.3. The monoisotopic (exact) mass is 523 g/mol. The van der Waals surface area contributed by atoms with Crippen LogP contribution >= 0.6 is 11.3 Å². The van der Waals surface area contributed by atoms with E-state index in [2.05, 4.69) is 9.97 Å². The molecule has 3 aromatic rings. The van der Waals surface area contributed by atoms with E-state index in [1.165, 1.54) is 31.4 Å². The molecule has 0 saturated carbocycles. The Hall–Kier alpha value is -2.70. The van der Waals surface area contributed by atoms with Crippen LogP contribution in [0.4, 0.5) is 4.39 Å². The molecule has 0 amide bonds. The summed E-state index contributed by atoms with van der Waals surface area (Å²) in [7, 11) is -3.74. The van der Waals surface area contributed by atoms with Crippen molar-refractivity contribution >= 4 is 37.2 Å². The fraction of sp³-hybridized carbons (Fsp3) is 0.478. The number of nitrogens with zero attached hydrogens (tertiary/aromatic N) is 2. The lowest BCUT2D eigenvalue weighted by molar-refractivity contribution is -0.122. The minimum Gasteiger partial charge on any atom is -0.381 e. The Morgan fingerprint density at radius 2 is 2.00 bits per heavy atom. The smallest absolute Gasteiger partial charge is 0.329 e. The maximum atomic E-state index is 13.5. The molecule has 1 fully saturated rings. The van der Waals surface area contributed by atoms with Crippen molar-refractivity contribution < 1.29 is 22.3 Å². The standard InChI is InChI=1S/C23H26FN3O6S2/c1-13(2)35(31,32)19-12-34-21-20(19)26-23(30)27(22(21)29)17(9-14-5-7-33-8-6-14)18(28)10-16-4-3-15(24)11-25-16/h3-4,11-14,17H,5-10H2,1-2H3,(H,26,30). The van der Waals surface area contributed by atoms with Crippen molar-refractivity contribution in [3.63, 3.8) is 0 Å². The van der Waals surface area contributed by atoms with E-state index in [0.29, 0.717) is 31.7 Å². The molecule has 9 nitrogen and oxygen atoms in total. The first-order valence-corrected chi connectivity index (χ1v) is 13.7. The molecule has 188 valence electrons. The molecule has 0 spiro atoms. The summed E-state index contributed by atoms with van der Waals surface area (Å²) in [5.74, 6) is -0.891. The summed E-state index contributed by atoms with van der Waals surface area (Å²) in [5, 5.41) is 0.608. The first-order valence-electron chi connectivity index (χ1n) is 11.3. The van der Waals surface area contributed by atoms with Crippen molar-refractivity contribution in [3.8, 4) is 0 Å². The van der Waals surface area contributed by atoms with Gasteiger partial charge in [-0.15, -0.1) is 11.3 Å². The Bertz CT molecular complexity index is 1450. The van der Waals surface area contributed by atoms with Crippen LogP contribution in [0.1, 0.15) is 44.8 Å². The van der Waals surface area contributed by atoms with Crippen molar-refractivity contribution in [1.29, 1.82) is 0 Å². The summed E-state index contributed by atoms with van der Waals surface area (Å²) in [4.78, 5) is 46.4. The molecule has 3 aromatic heterocycles. The zero-order valence-electron chi connectivity index (χ0n) is 19.3. The summed E-state index contributed by atoms with van der Waals surface area (Å²) in [6, 6.07) is 1.49. The van der Waals surface area contributed by atoms with Gasteiger partial charge in [-0.3, -0.25) is 14.6 Å². The maximum absolute atomic E-state index is 13.5. The summed E-state index contributed by atoms with van der Waals surface area (Å²) < 4.78 is 45.0. The van der Waals surface area contributed by atoms with E-state index in [9.17, 15) is 27.2 Å². The fourth-order valence-electron chi connectivity index (χ4n) is 4.22. The van der Waals surface area contributed by atoms with Gasteiger partial charge in [0, 0.05) is 24.3 Å². The molecule has 1 aliphatic heterocycles. The van der Waals surface area contributed by atoms with Gasteiger partial charge in [0.05, 0.1) is 23.4 Å². The van der Waals surface area contributed by atoms with E-state index in [-0.39, 0.29) is 33.9 Å². The Balaban J connectivity index is 1.79. The topological polar surface area (TPSA) is 128 Å². The SMILES string of the molecule is CC(C)S(=O)(=O)c1csc2c(=O)n(C(CC3CCOCC3)C(=O)Cc3ccc(F)cn3)c(=O)[nH]c12. The van der Waals surface area contributed by atoms with Crippen LogP contribution in [0, 0.1) is 11.7 Å². The van der Waals surface area contributed by atoms with E-state index in [1.807, 2.05) is 0 Å². The molecule has 4 heterocycles. The number of pyridine rings is 1. The number of carbonyl (C=O) groups is 1. The second-order valence-electron chi connectivity index (χ2n) is 8.92. The van der Waals surface area contributed by atoms with E-state index in [4.69, 9.17) is 4.74 Å². The van der Waals surface area contributed by atoms with Gasteiger partial charge in [0.15, 0.2) is 15.6 Å². The molecule has 4 rings (SSSR count). The molecular formula is C23H26FN3O6S2. The summed E-state index contributed by atoms with van der Waals surface area (Å²) in [6.07, 6.45) is 2.44. The van der Waals surface area contributed by atoms with Crippen molar-refractivity contribution in [2.75, 3.05) is 13.2 Å². The number of hydrogen-bond donors (Lipinski definition) is 1. The minimum absolute atomic E-state index is 0.0348. The Kier molecular flexibility index (Phi) is 7.34. The molecule has 35 heavy (non-hydrogen) atoms. The number of carbonyl (C=O) groups excluding carboxylic acids is 1. The number of aromatic amines is 1. The average Bonchev–Trinajstić information content (AvgIpc) is 3.25. The lowest BCUT2D eigenvalue weighted by atomic mass is 9.89. The predicted molar refractivity (Wildman–Crippen MR) is 129 cm³/mol. The molecule has 1 aliphatic rings. The molecular weight excluding hydrogens is 497 g/mol. The second kappa shape index (κ2) is 10.1. The third-order valence-corrected chi connectivity index (χ3v) is 9.57. The number of ether oxygens (including phenoxy) is 1. The van der Waals surface area contributed by atoms with Gasteiger partial charge in [0.1, 0.15) is 21.5 Å². The molecule has 1 N–H and O–H groups in total. The van der Waals surface area contributed by atoms with Crippen LogP contribution in [0.25, 0.3) is 10.2 Å². The Morgan fingerprint density at radius 3 is 2.63 bits per heavy atom. The zero-order valence-corrected chi connectivity index (χ0v) is 21.0. The number of sulfone groups is 1. The first-order chi connectivity index (χ1) is 16.6. The summed E-state index contributed by atoms with van der Waals surface area (Å²) in [5.41, 5.74) is -1.28. The van der Waals surface area contributed by atoms with Crippen LogP contribution in [0.2, 0.25) is 0 Å². The van der Waals surface area contributed by atoms with Crippen molar-refractivity contribution in [2.45, 2.75) is 55.7 Å². The number of fused-ring (bicyclic) bond motifs is 1. The molecule has 0 aliphatic carbocycles. The van der Waals surface area contributed by atoms with Gasteiger partial charge in [0.25, 0.3) is 5.56 Å². The van der Waals surface area contributed by atoms with Gasteiger partial charge in [-0.1, -0.05) is 0 Å². The molecule has 1 saturated heterocycles. The number of thiophene rings is 1. The highest BCUT2D eigenvalue weighted by Gasteiger charge is 2.31. The highest BCUT2D eigenvalue weighted by atomic mass is 32.2. The van der Waals surface area contributed by atoms with Crippen LogP contribution in [-0.4, -0.2) is 47.2 Å². The number of ketones is 1. The van der Waals surface area contributed by atoms with Crippen LogP contribution in [0.15, 0.2) is 38.2 Å².